The van der Waals surface area contributed by atoms with E-state index in [1.54, 1.807) is 36.5 Å². The van der Waals surface area contributed by atoms with Gasteiger partial charge in [0.1, 0.15) is 5.82 Å². The number of hydrogen-bond acceptors (Lipinski definition) is 4. The number of aliphatic imine (C=N–C) groups is 1. The van der Waals surface area contributed by atoms with Crippen molar-refractivity contribution >= 4 is 17.9 Å². The molecule has 1 amide bonds. The van der Waals surface area contributed by atoms with Gasteiger partial charge in [0, 0.05) is 19.5 Å². The molecule has 5 nitrogen and oxygen atoms in total. The van der Waals surface area contributed by atoms with Gasteiger partial charge in [-0.1, -0.05) is 48.1 Å². The lowest BCUT2D eigenvalue weighted by atomic mass is 10.2. The molecule has 0 unspecified atom stereocenters. The highest BCUT2D eigenvalue weighted by atomic mass is 16.2. The van der Waals surface area contributed by atoms with Gasteiger partial charge in [-0.3, -0.25) is 4.79 Å². The minimum atomic E-state index is -0.130. The largest absolute Gasteiger partial charge is 0.323 e. The molecule has 1 aliphatic rings. The van der Waals surface area contributed by atoms with E-state index < -0.39 is 0 Å². The maximum atomic E-state index is 12.4. The first-order valence-corrected chi connectivity index (χ1v) is 8.95. The van der Waals surface area contributed by atoms with E-state index in [0.29, 0.717) is 22.9 Å². The molecular weight excluding hydrogens is 312 g/mol. The lowest BCUT2D eigenvalue weighted by molar-refractivity contribution is 0.0840. The fourth-order valence-electron chi connectivity index (χ4n) is 2.00. The maximum Gasteiger partial charge on any atom is 0.261 e. The van der Waals surface area contributed by atoms with E-state index in [4.69, 9.17) is 0 Å². The van der Waals surface area contributed by atoms with Crippen LogP contribution >= 0.6 is 0 Å². The zero-order chi connectivity index (χ0) is 20.0. The van der Waals surface area contributed by atoms with E-state index in [1.165, 1.54) is 0 Å². The van der Waals surface area contributed by atoms with Crippen molar-refractivity contribution in [2.24, 2.45) is 4.99 Å². The number of nitrogens with zero attached hydrogens (tertiary/aromatic N) is 3. The van der Waals surface area contributed by atoms with Gasteiger partial charge < -0.3 is 10.2 Å². The molecule has 140 valence electrons. The molecule has 0 fully saturated rings. The highest BCUT2D eigenvalue weighted by molar-refractivity contribution is 6.01. The SMILES string of the molecule is C=C(C)C1=C(/N=C\C)Nc2ncccc2C(=O)N1C.CC.CC.CC. The van der Waals surface area contributed by atoms with E-state index >= 15 is 0 Å². The van der Waals surface area contributed by atoms with Crippen molar-refractivity contribution < 1.29 is 4.79 Å². The molecule has 0 radical (unpaired) electrons. The van der Waals surface area contributed by atoms with Crippen LogP contribution in [0.1, 0.15) is 65.7 Å². The molecular formula is C20H34N4O. The predicted molar refractivity (Wildman–Crippen MR) is 110 cm³/mol. The highest BCUT2D eigenvalue weighted by Crippen LogP contribution is 2.27. The van der Waals surface area contributed by atoms with Gasteiger partial charge in [-0.05, 0) is 31.6 Å². The van der Waals surface area contributed by atoms with Crippen LogP contribution in [-0.2, 0) is 0 Å². The predicted octanol–water partition coefficient (Wildman–Crippen LogP) is 5.49. The Bertz CT molecular complexity index is 603. The molecule has 5 heteroatoms. The molecule has 1 N–H and O–H groups in total. The van der Waals surface area contributed by atoms with Crippen LogP contribution < -0.4 is 5.32 Å². The first-order valence-electron chi connectivity index (χ1n) is 8.95. The molecule has 0 aromatic carbocycles. The average Bonchev–Trinajstić information content (AvgIpc) is 2.76. The van der Waals surface area contributed by atoms with Crippen molar-refractivity contribution in [1.29, 1.82) is 0 Å². The van der Waals surface area contributed by atoms with E-state index in [2.05, 4.69) is 21.9 Å². The molecule has 1 aromatic rings. The number of hydrogen-bond donors (Lipinski definition) is 1. The quantitative estimate of drug-likeness (QED) is 0.720. The summed E-state index contributed by atoms with van der Waals surface area (Å²) in [6.45, 7) is 19.6. The third-order valence-corrected chi connectivity index (χ3v) is 2.80. The van der Waals surface area contributed by atoms with Crippen molar-refractivity contribution in [3.05, 3.63) is 47.6 Å². The highest BCUT2D eigenvalue weighted by Gasteiger charge is 2.26. The normalized spacial score (nSPS) is 12.4. The number of anilines is 1. The number of fused-ring (bicyclic) bond motifs is 1. The van der Waals surface area contributed by atoms with Gasteiger partial charge in [-0.25, -0.2) is 9.98 Å². The van der Waals surface area contributed by atoms with Gasteiger partial charge in [-0.15, -0.1) is 0 Å². The van der Waals surface area contributed by atoms with Crippen molar-refractivity contribution in [3.8, 4) is 0 Å². The van der Waals surface area contributed by atoms with Gasteiger partial charge in [0.2, 0.25) is 0 Å². The molecule has 2 heterocycles. The molecule has 1 aliphatic heterocycles. The van der Waals surface area contributed by atoms with Crippen LogP contribution in [0.2, 0.25) is 0 Å². The Hall–Kier alpha value is -2.43. The number of rotatable bonds is 2. The second-order valence-electron chi connectivity index (χ2n) is 4.25. The summed E-state index contributed by atoms with van der Waals surface area (Å²) in [5.74, 6) is 0.953. The maximum absolute atomic E-state index is 12.4. The fraction of sp³-hybridized carbons (Fsp3) is 0.450. The van der Waals surface area contributed by atoms with E-state index in [9.17, 15) is 4.79 Å². The molecule has 1 aromatic heterocycles. The lowest BCUT2D eigenvalue weighted by Gasteiger charge is -2.20. The van der Waals surface area contributed by atoms with Crippen LogP contribution in [0.25, 0.3) is 0 Å². The van der Waals surface area contributed by atoms with Crippen molar-refractivity contribution in [1.82, 2.24) is 9.88 Å². The summed E-state index contributed by atoms with van der Waals surface area (Å²) in [5.41, 5.74) is 1.95. The standard InChI is InChI=1S/C14H16N4O.3C2H6/c1-5-15-13-11(9(2)3)18(4)14(19)10-7-6-8-16-12(10)17-13;3*1-2/h5-8H,2H2,1,3-4H3,(H,16,17);3*1-2H3/b15-5-;;;. The third kappa shape index (κ3) is 6.53. The molecule has 25 heavy (non-hydrogen) atoms. The van der Waals surface area contributed by atoms with Crippen molar-refractivity contribution in [2.45, 2.75) is 55.4 Å². The van der Waals surface area contributed by atoms with Gasteiger partial charge in [0.15, 0.2) is 5.82 Å². The molecule has 2 rings (SSSR count). The Balaban J connectivity index is 0. The topological polar surface area (TPSA) is 57.6 Å². The first kappa shape index (κ1) is 24.8. The van der Waals surface area contributed by atoms with Crippen LogP contribution in [0.15, 0.2) is 47.0 Å². The number of carbonyl (C=O) groups is 1. The Morgan fingerprint density at radius 3 is 2.28 bits per heavy atom. The molecule has 0 aliphatic carbocycles. The van der Waals surface area contributed by atoms with Gasteiger partial charge in [0.25, 0.3) is 5.91 Å². The summed E-state index contributed by atoms with van der Waals surface area (Å²) >= 11 is 0. The van der Waals surface area contributed by atoms with Crippen molar-refractivity contribution in [2.75, 3.05) is 12.4 Å². The molecule has 0 saturated carbocycles. The number of carbonyl (C=O) groups excluding carboxylic acids is 1. The third-order valence-electron chi connectivity index (χ3n) is 2.80. The van der Waals surface area contributed by atoms with Crippen LogP contribution in [-0.4, -0.2) is 29.1 Å². The average molecular weight is 347 g/mol. The summed E-state index contributed by atoms with van der Waals surface area (Å²) in [6, 6.07) is 3.48. The van der Waals surface area contributed by atoms with Crippen LogP contribution in [0.5, 0.6) is 0 Å². The Kier molecular flexibility index (Phi) is 13.9. The van der Waals surface area contributed by atoms with E-state index in [0.717, 1.165) is 5.57 Å². The lowest BCUT2D eigenvalue weighted by Crippen LogP contribution is -2.26. The number of allylic oxidation sites excluding steroid dienone is 1. The van der Waals surface area contributed by atoms with E-state index in [1.807, 2.05) is 55.4 Å². The fourth-order valence-corrected chi connectivity index (χ4v) is 2.00. The molecule has 0 atom stereocenters. The van der Waals surface area contributed by atoms with Gasteiger partial charge in [-0.2, -0.15) is 0 Å². The van der Waals surface area contributed by atoms with Gasteiger partial charge >= 0.3 is 0 Å². The summed E-state index contributed by atoms with van der Waals surface area (Å²) in [7, 11) is 1.71. The van der Waals surface area contributed by atoms with Crippen molar-refractivity contribution in [3.63, 3.8) is 0 Å². The summed E-state index contributed by atoms with van der Waals surface area (Å²) in [5, 5.41) is 3.10. The Morgan fingerprint density at radius 2 is 1.80 bits per heavy atom. The number of pyridine rings is 1. The summed E-state index contributed by atoms with van der Waals surface area (Å²) < 4.78 is 0. The monoisotopic (exact) mass is 346 g/mol. The number of likely N-dealkylation sites (N-methyl/N-ethyl adjacent to an activating group) is 1. The van der Waals surface area contributed by atoms with E-state index in [-0.39, 0.29) is 5.91 Å². The Labute approximate surface area is 153 Å². The second-order valence-corrected chi connectivity index (χ2v) is 4.25. The minimum Gasteiger partial charge on any atom is -0.323 e. The summed E-state index contributed by atoms with van der Waals surface area (Å²) in [6.07, 6.45) is 3.30. The number of aromatic nitrogens is 1. The van der Waals surface area contributed by atoms with Crippen LogP contribution in [0.4, 0.5) is 5.82 Å². The number of nitrogens with one attached hydrogen (secondary N) is 1. The molecule has 0 saturated heterocycles. The molecule has 0 bridgehead atoms. The summed E-state index contributed by atoms with van der Waals surface area (Å²) in [4.78, 5) is 22.4. The second kappa shape index (κ2) is 14.0. The van der Waals surface area contributed by atoms with Crippen LogP contribution in [0.3, 0.4) is 0 Å². The molecule has 0 spiro atoms. The van der Waals surface area contributed by atoms with Gasteiger partial charge in [0.05, 0.1) is 11.3 Å². The Morgan fingerprint density at radius 1 is 1.24 bits per heavy atom. The first-order chi connectivity index (χ1) is 12.1. The smallest absolute Gasteiger partial charge is 0.261 e. The zero-order valence-corrected chi connectivity index (χ0v) is 17.3. The zero-order valence-electron chi connectivity index (χ0n) is 17.3. The number of amides is 1. The van der Waals surface area contributed by atoms with Crippen LogP contribution in [0, 0.1) is 0 Å². The minimum absolute atomic E-state index is 0.130.